The minimum absolute atomic E-state index is 0.593. The van der Waals surface area contributed by atoms with Crippen molar-refractivity contribution in [1.29, 1.82) is 0 Å². The van der Waals surface area contributed by atoms with Crippen molar-refractivity contribution in [2.75, 3.05) is 19.7 Å². The first-order valence-electron chi connectivity index (χ1n) is 8.85. The summed E-state index contributed by atoms with van der Waals surface area (Å²) in [6.07, 6.45) is 6.37. The molecule has 3 heterocycles. The van der Waals surface area contributed by atoms with Crippen LogP contribution in [0.5, 0.6) is 5.88 Å². The molecule has 0 spiro atoms. The van der Waals surface area contributed by atoms with Crippen LogP contribution in [0.3, 0.4) is 0 Å². The van der Waals surface area contributed by atoms with Crippen molar-refractivity contribution in [3.8, 4) is 5.88 Å². The monoisotopic (exact) mass is 328 g/mol. The molecule has 2 aromatic rings. The largest absolute Gasteiger partial charge is 0.477 e. The predicted molar refractivity (Wildman–Crippen MR) is 88.7 cm³/mol. The molecule has 1 aliphatic heterocycles. The van der Waals surface area contributed by atoms with E-state index in [0.29, 0.717) is 17.7 Å². The molecule has 0 aromatic carbocycles. The molecule has 0 atom stereocenters. The lowest BCUT2D eigenvalue weighted by Gasteiger charge is -2.31. The lowest BCUT2D eigenvalue weighted by molar-refractivity contribution is 0.132. The summed E-state index contributed by atoms with van der Waals surface area (Å²) in [5.41, 5.74) is 2.01. The van der Waals surface area contributed by atoms with Crippen LogP contribution in [0.15, 0.2) is 23.0 Å². The maximum absolute atomic E-state index is 5.82. The van der Waals surface area contributed by atoms with Crippen LogP contribution in [0.25, 0.3) is 0 Å². The number of hydrogen-bond donors (Lipinski definition) is 0. The molecule has 0 unspecified atom stereocenters. The predicted octanol–water partition coefficient (Wildman–Crippen LogP) is 2.94. The summed E-state index contributed by atoms with van der Waals surface area (Å²) in [4.78, 5) is 10.7. The van der Waals surface area contributed by atoms with Crippen LogP contribution in [0.4, 0.5) is 0 Å². The first-order valence-corrected chi connectivity index (χ1v) is 8.85. The van der Waals surface area contributed by atoms with Gasteiger partial charge in [0.15, 0.2) is 0 Å². The minimum atomic E-state index is 0.593. The average Bonchev–Trinajstić information content (AvgIpc) is 3.34. The Balaban J connectivity index is 1.21. The summed E-state index contributed by atoms with van der Waals surface area (Å²) in [6, 6.07) is 4.03. The molecule has 0 bridgehead atoms. The number of hydrogen-bond acceptors (Lipinski definition) is 6. The van der Waals surface area contributed by atoms with Gasteiger partial charge in [0.25, 0.3) is 0 Å². The topological polar surface area (TPSA) is 64.3 Å². The number of piperidine rings is 1. The van der Waals surface area contributed by atoms with Crippen LogP contribution in [0.2, 0.25) is 0 Å². The first kappa shape index (κ1) is 15.6. The second-order valence-electron chi connectivity index (χ2n) is 7.02. The SMILES string of the molecule is Cc1cc(OCC2CCN(Cc3cc(C4CC4)on3)CC2)ncn1. The van der Waals surface area contributed by atoms with Gasteiger partial charge in [-0.05, 0) is 51.6 Å². The van der Waals surface area contributed by atoms with Crippen molar-refractivity contribution < 1.29 is 9.26 Å². The molecular weight excluding hydrogens is 304 g/mol. The van der Waals surface area contributed by atoms with Gasteiger partial charge in [0.05, 0.1) is 12.3 Å². The molecule has 24 heavy (non-hydrogen) atoms. The Morgan fingerprint density at radius 1 is 1.17 bits per heavy atom. The molecule has 6 heteroatoms. The number of rotatable bonds is 6. The van der Waals surface area contributed by atoms with Gasteiger partial charge < -0.3 is 9.26 Å². The molecule has 128 valence electrons. The summed E-state index contributed by atoms with van der Waals surface area (Å²) >= 11 is 0. The Morgan fingerprint density at radius 3 is 2.75 bits per heavy atom. The van der Waals surface area contributed by atoms with Crippen molar-refractivity contribution in [2.45, 2.75) is 45.1 Å². The molecule has 2 fully saturated rings. The minimum Gasteiger partial charge on any atom is -0.477 e. The summed E-state index contributed by atoms with van der Waals surface area (Å²) in [7, 11) is 0. The summed E-state index contributed by atoms with van der Waals surface area (Å²) in [6.45, 7) is 5.76. The molecule has 0 N–H and O–H groups in total. The van der Waals surface area contributed by atoms with Gasteiger partial charge in [-0.25, -0.2) is 9.97 Å². The van der Waals surface area contributed by atoms with E-state index in [4.69, 9.17) is 9.26 Å². The Labute approximate surface area is 142 Å². The molecular formula is C18H24N4O2. The average molecular weight is 328 g/mol. The highest BCUT2D eigenvalue weighted by molar-refractivity contribution is 5.14. The van der Waals surface area contributed by atoms with E-state index in [9.17, 15) is 0 Å². The Kier molecular flexibility index (Phi) is 4.47. The molecule has 2 aromatic heterocycles. The molecule has 6 nitrogen and oxygen atoms in total. The third kappa shape index (κ3) is 3.93. The lowest BCUT2D eigenvalue weighted by Crippen LogP contribution is -2.35. The zero-order valence-corrected chi connectivity index (χ0v) is 14.1. The third-order valence-corrected chi connectivity index (χ3v) is 4.90. The fourth-order valence-electron chi connectivity index (χ4n) is 3.22. The fourth-order valence-corrected chi connectivity index (χ4v) is 3.22. The maximum atomic E-state index is 5.82. The van der Waals surface area contributed by atoms with Gasteiger partial charge in [-0.1, -0.05) is 5.16 Å². The standard InChI is InChI=1S/C18H24N4O2/c1-13-8-18(20-12-19-13)23-11-14-4-6-22(7-5-14)10-16-9-17(24-21-16)15-2-3-15/h8-9,12,14-15H,2-7,10-11H2,1H3. The van der Waals surface area contributed by atoms with Crippen molar-refractivity contribution >= 4 is 0 Å². The van der Waals surface area contributed by atoms with E-state index in [0.717, 1.165) is 56.2 Å². The molecule has 1 saturated heterocycles. The zero-order valence-electron chi connectivity index (χ0n) is 14.1. The van der Waals surface area contributed by atoms with Crippen molar-refractivity contribution in [3.05, 3.63) is 35.6 Å². The Morgan fingerprint density at radius 2 is 2.00 bits per heavy atom. The van der Waals surface area contributed by atoms with Crippen LogP contribution in [-0.4, -0.2) is 39.7 Å². The fraction of sp³-hybridized carbons (Fsp3) is 0.611. The van der Waals surface area contributed by atoms with E-state index in [1.165, 1.54) is 12.8 Å². The normalized spacial score (nSPS) is 19.5. The number of likely N-dealkylation sites (tertiary alicyclic amines) is 1. The van der Waals surface area contributed by atoms with E-state index in [1.54, 1.807) is 6.33 Å². The molecule has 1 saturated carbocycles. The second kappa shape index (κ2) is 6.89. The van der Waals surface area contributed by atoms with E-state index < -0.39 is 0 Å². The van der Waals surface area contributed by atoms with Crippen LogP contribution >= 0.6 is 0 Å². The number of nitrogens with zero attached hydrogens (tertiary/aromatic N) is 4. The molecule has 4 rings (SSSR count). The third-order valence-electron chi connectivity index (χ3n) is 4.90. The van der Waals surface area contributed by atoms with Gasteiger partial charge in [0.2, 0.25) is 5.88 Å². The van der Waals surface area contributed by atoms with Crippen molar-refractivity contribution in [3.63, 3.8) is 0 Å². The maximum Gasteiger partial charge on any atom is 0.216 e. The van der Waals surface area contributed by atoms with Gasteiger partial charge in [-0.2, -0.15) is 0 Å². The number of aryl methyl sites for hydroxylation is 1. The summed E-state index contributed by atoms with van der Waals surface area (Å²) in [5.74, 6) is 2.99. The van der Waals surface area contributed by atoms with Gasteiger partial charge >= 0.3 is 0 Å². The van der Waals surface area contributed by atoms with E-state index in [2.05, 4.69) is 26.1 Å². The van der Waals surface area contributed by atoms with Gasteiger partial charge in [0.1, 0.15) is 12.1 Å². The van der Waals surface area contributed by atoms with Crippen LogP contribution in [0, 0.1) is 12.8 Å². The Bertz CT molecular complexity index is 675. The quantitative estimate of drug-likeness (QED) is 0.812. The van der Waals surface area contributed by atoms with Gasteiger partial charge in [-0.3, -0.25) is 4.90 Å². The summed E-state index contributed by atoms with van der Waals surface area (Å²) < 4.78 is 11.3. The smallest absolute Gasteiger partial charge is 0.216 e. The van der Waals surface area contributed by atoms with Crippen molar-refractivity contribution in [1.82, 2.24) is 20.0 Å². The van der Waals surface area contributed by atoms with E-state index in [-0.39, 0.29) is 0 Å². The highest BCUT2D eigenvalue weighted by Gasteiger charge is 2.28. The highest BCUT2D eigenvalue weighted by atomic mass is 16.5. The second-order valence-corrected chi connectivity index (χ2v) is 7.02. The van der Waals surface area contributed by atoms with Gasteiger partial charge in [0, 0.05) is 30.3 Å². The van der Waals surface area contributed by atoms with Gasteiger partial charge in [-0.15, -0.1) is 0 Å². The number of aromatic nitrogens is 3. The molecule has 0 radical (unpaired) electrons. The van der Waals surface area contributed by atoms with Crippen LogP contribution in [0.1, 0.15) is 48.7 Å². The van der Waals surface area contributed by atoms with Crippen LogP contribution < -0.4 is 4.74 Å². The van der Waals surface area contributed by atoms with Crippen LogP contribution in [-0.2, 0) is 6.54 Å². The molecule has 1 aliphatic carbocycles. The lowest BCUT2D eigenvalue weighted by atomic mass is 9.98. The van der Waals surface area contributed by atoms with Crippen molar-refractivity contribution in [2.24, 2.45) is 5.92 Å². The first-order chi connectivity index (χ1) is 11.8. The zero-order chi connectivity index (χ0) is 16.4. The number of ether oxygens (including phenoxy) is 1. The summed E-state index contributed by atoms with van der Waals surface area (Å²) in [5, 5.41) is 4.22. The van der Waals surface area contributed by atoms with E-state index in [1.807, 2.05) is 13.0 Å². The molecule has 0 amide bonds. The highest BCUT2D eigenvalue weighted by Crippen LogP contribution is 2.40. The molecule has 2 aliphatic rings. The Hall–Kier alpha value is -1.95. The van der Waals surface area contributed by atoms with E-state index >= 15 is 0 Å².